The number of methoxy groups -OCH3 is 1. The second-order valence-electron chi connectivity index (χ2n) is 8.06. The molecule has 11 nitrogen and oxygen atoms in total. The Morgan fingerprint density at radius 3 is 2.81 bits per heavy atom. The van der Waals surface area contributed by atoms with Gasteiger partial charge in [-0.05, 0) is 12.1 Å². The highest BCUT2D eigenvalue weighted by Gasteiger charge is 2.38. The maximum Gasteiger partial charge on any atom is 0.341 e. The fourth-order valence-electron chi connectivity index (χ4n) is 3.92. The second-order valence-corrected chi connectivity index (χ2v) is 10.9. The molecule has 1 saturated heterocycles. The molecule has 0 aliphatic carbocycles. The van der Waals surface area contributed by atoms with Crippen molar-refractivity contribution in [2.24, 2.45) is 4.99 Å². The topological polar surface area (TPSA) is 136 Å². The van der Waals surface area contributed by atoms with Gasteiger partial charge in [-0.15, -0.1) is 11.3 Å². The van der Waals surface area contributed by atoms with E-state index >= 15 is 0 Å². The minimum absolute atomic E-state index is 0.0307. The summed E-state index contributed by atoms with van der Waals surface area (Å²) in [5, 5.41) is 5.43. The first-order valence-electron chi connectivity index (χ1n) is 10.8. The smallest absolute Gasteiger partial charge is 0.341 e. The molecule has 0 bridgehead atoms. The van der Waals surface area contributed by atoms with Gasteiger partial charge in [0.05, 0.1) is 32.2 Å². The van der Waals surface area contributed by atoms with Crippen LogP contribution in [0, 0.1) is 5.82 Å². The number of halogens is 2. The Labute approximate surface area is 221 Å². The van der Waals surface area contributed by atoms with Gasteiger partial charge >= 0.3 is 22.1 Å². The van der Waals surface area contributed by atoms with E-state index in [2.05, 4.69) is 19.5 Å². The highest BCUT2D eigenvalue weighted by atomic mass is 35.5. The van der Waals surface area contributed by atoms with E-state index in [0.29, 0.717) is 22.1 Å². The van der Waals surface area contributed by atoms with Gasteiger partial charge in [0.2, 0.25) is 0 Å². The number of morpholine rings is 1. The monoisotopic (exact) mass is 572 g/mol. The zero-order valence-corrected chi connectivity index (χ0v) is 22.0. The molecule has 37 heavy (non-hydrogen) atoms. The maximum atomic E-state index is 13.8. The SMILES string of the molecule is COC(=O)C1=C(CN2CCOC[C@H]2C(=O)OS(C)(=O)=O)NC(c2nccs2)=N[C@H]1c1ccc(F)cc1Cl. The van der Waals surface area contributed by atoms with Crippen molar-refractivity contribution in [1.29, 1.82) is 0 Å². The quantitative estimate of drug-likeness (QED) is 0.385. The number of thiazole rings is 1. The predicted octanol–water partition coefficient (Wildman–Crippen LogP) is 1.66. The Hall–Kier alpha value is -2.91. The van der Waals surface area contributed by atoms with E-state index in [0.717, 1.165) is 12.3 Å². The zero-order chi connectivity index (χ0) is 26.7. The number of aromatic nitrogens is 1. The zero-order valence-electron chi connectivity index (χ0n) is 19.6. The van der Waals surface area contributed by atoms with E-state index < -0.39 is 40.0 Å². The number of amidine groups is 1. The van der Waals surface area contributed by atoms with Gasteiger partial charge in [-0.2, -0.15) is 8.42 Å². The number of nitrogens with zero attached hydrogens (tertiary/aromatic N) is 3. The molecule has 0 amide bonds. The van der Waals surface area contributed by atoms with Crippen LogP contribution in [0.3, 0.4) is 0 Å². The van der Waals surface area contributed by atoms with Gasteiger partial charge in [0.15, 0.2) is 10.8 Å². The first-order valence-corrected chi connectivity index (χ1v) is 13.9. The minimum Gasteiger partial charge on any atom is -0.466 e. The summed E-state index contributed by atoms with van der Waals surface area (Å²) in [6.07, 6.45) is 2.36. The minimum atomic E-state index is -4.05. The Balaban J connectivity index is 1.79. The number of carbonyl (C=O) groups excluding carboxylic acids is 2. The Kier molecular flexibility index (Phi) is 8.23. The predicted molar refractivity (Wildman–Crippen MR) is 132 cm³/mol. The molecule has 2 atom stereocenters. The van der Waals surface area contributed by atoms with Gasteiger partial charge in [0.25, 0.3) is 0 Å². The number of rotatable bonds is 7. The first-order chi connectivity index (χ1) is 17.6. The molecule has 0 saturated carbocycles. The van der Waals surface area contributed by atoms with Gasteiger partial charge in [-0.3, -0.25) is 9.89 Å². The Morgan fingerprint density at radius 1 is 1.38 bits per heavy atom. The van der Waals surface area contributed by atoms with E-state index in [1.165, 1.54) is 30.6 Å². The van der Waals surface area contributed by atoms with Crippen LogP contribution < -0.4 is 5.32 Å². The van der Waals surface area contributed by atoms with E-state index in [1.54, 1.807) is 16.5 Å². The van der Waals surface area contributed by atoms with Crippen LogP contribution >= 0.6 is 22.9 Å². The first kappa shape index (κ1) is 27.1. The molecule has 4 rings (SSSR count). The van der Waals surface area contributed by atoms with Gasteiger partial charge in [0.1, 0.15) is 17.9 Å². The number of hydrogen-bond donors (Lipinski definition) is 1. The number of carbonyl (C=O) groups is 2. The molecule has 2 aliphatic heterocycles. The lowest BCUT2D eigenvalue weighted by Crippen LogP contribution is -2.53. The third-order valence-electron chi connectivity index (χ3n) is 5.53. The highest BCUT2D eigenvalue weighted by molar-refractivity contribution is 7.86. The van der Waals surface area contributed by atoms with Crippen LogP contribution in [0.25, 0.3) is 0 Å². The van der Waals surface area contributed by atoms with Crippen LogP contribution in [0.1, 0.15) is 16.6 Å². The van der Waals surface area contributed by atoms with E-state index in [-0.39, 0.29) is 36.9 Å². The highest BCUT2D eigenvalue weighted by Crippen LogP contribution is 2.37. The molecule has 1 aromatic carbocycles. The summed E-state index contributed by atoms with van der Waals surface area (Å²) in [7, 11) is -2.85. The normalized spacial score (nSPS) is 20.7. The summed E-state index contributed by atoms with van der Waals surface area (Å²) < 4.78 is 51.9. The van der Waals surface area contributed by atoms with Crippen molar-refractivity contribution >= 4 is 50.8 Å². The van der Waals surface area contributed by atoms with Crippen LogP contribution in [0.5, 0.6) is 0 Å². The summed E-state index contributed by atoms with van der Waals surface area (Å²) in [4.78, 5) is 36.2. The standard InChI is InChI=1S/C22H22ClFN4O7S2/c1-33-22(30)17-15(10-28-6-7-34-11-16(28)21(29)35-37(2,31)32)26-19(20-25-5-8-36-20)27-18(17)13-4-3-12(24)9-14(13)23/h3-5,8-9,16,18H,6-7,10-11H2,1-2H3,(H,26,27)/t16-,18-/m0/s1. The van der Waals surface area contributed by atoms with E-state index in [9.17, 15) is 22.4 Å². The molecule has 198 valence electrons. The summed E-state index contributed by atoms with van der Waals surface area (Å²) in [5.41, 5.74) is 0.751. The average Bonchev–Trinajstić information content (AvgIpc) is 3.37. The molecule has 0 spiro atoms. The maximum absolute atomic E-state index is 13.8. The molecule has 15 heteroatoms. The number of hydrogen-bond acceptors (Lipinski definition) is 12. The van der Waals surface area contributed by atoms with Gasteiger partial charge in [0, 0.05) is 40.9 Å². The van der Waals surface area contributed by atoms with Crippen molar-refractivity contribution < 1.29 is 36.1 Å². The third-order valence-corrected chi connectivity index (χ3v) is 7.10. The number of ether oxygens (including phenoxy) is 2. The number of esters is 1. The van der Waals surface area contributed by atoms with Crippen LogP contribution in [0.15, 0.2) is 46.0 Å². The molecule has 0 unspecified atom stereocenters. The van der Waals surface area contributed by atoms with Crippen molar-refractivity contribution in [3.8, 4) is 0 Å². The molecule has 3 heterocycles. The van der Waals surface area contributed by atoms with Crippen LogP contribution in [0.2, 0.25) is 5.02 Å². The third kappa shape index (κ3) is 6.33. The van der Waals surface area contributed by atoms with E-state index in [4.69, 9.17) is 21.1 Å². The molecule has 1 aromatic heterocycles. The molecule has 0 radical (unpaired) electrons. The van der Waals surface area contributed by atoms with Gasteiger partial charge < -0.3 is 19.0 Å². The van der Waals surface area contributed by atoms with Crippen LogP contribution in [-0.4, -0.2) is 81.8 Å². The van der Waals surface area contributed by atoms with Gasteiger partial charge in [-0.25, -0.2) is 19.0 Å². The van der Waals surface area contributed by atoms with Crippen molar-refractivity contribution in [2.75, 3.05) is 39.7 Å². The molecular weight excluding hydrogens is 551 g/mol. The molecule has 1 N–H and O–H groups in total. The van der Waals surface area contributed by atoms with Crippen molar-refractivity contribution in [3.05, 3.63) is 62.5 Å². The van der Waals surface area contributed by atoms with Crippen molar-refractivity contribution in [3.63, 3.8) is 0 Å². The Bertz CT molecular complexity index is 1370. The van der Waals surface area contributed by atoms with Crippen LogP contribution in [0.4, 0.5) is 4.39 Å². The molecule has 1 fully saturated rings. The number of aliphatic imine (C=N–C) groups is 1. The lowest BCUT2D eigenvalue weighted by atomic mass is 9.95. The summed E-state index contributed by atoms with van der Waals surface area (Å²) >= 11 is 7.65. The van der Waals surface area contributed by atoms with Crippen molar-refractivity contribution in [2.45, 2.75) is 12.1 Å². The summed E-state index contributed by atoms with van der Waals surface area (Å²) in [6.45, 7) is 0.339. The average molecular weight is 573 g/mol. The molecule has 2 aliphatic rings. The van der Waals surface area contributed by atoms with Gasteiger partial charge in [-0.1, -0.05) is 17.7 Å². The number of benzene rings is 1. The fraction of sp³-hybridized carbons (Fsp3) is 0.364. The summed E-state index contributed by atoms with van der Waals surface area (Å²) in [6, 6.07) is 1.70. The van der Waals surface area contributed by atoms with Crippen LogP contribution in [-0.2, 0) is 33.4 Å². The lowest BCUT2D eigenvalue weighted by Gasteiger charge is -2.36. The lowest BCUT2D eigenvalue weighted by molar-refractivity contribution is -0.145. The van der Waals surface area contributed by atoms with Crippen molar-refractivity contribution in [1.82, 2.24) is 15.2 Å². The number of nitrogens with one attached hydrogen (secondary N) is 1. The Morgan fingerprint density at radius 2 is 2.16 bits per heavy atom. The second kappa shape index (κ2) is 11.2. The largest absolute Gasteiger partial charge is 0.466 e. The fourth-order valence-corrected chi connectivity index (χ4v) is 5.19. The van der Waals surface area contributed by atoms with E-state index in [1.807, 2.05) is 0 Å². The summed E-state index contributed by atoms with van der Waals surface area (Å²) in [5.74, 6) is -1.97. The molecular formula is C22H22ClFN4O7S2. The molecule has 2 aromatic rings.